The van der Waals surface area contributed by atoms with E-state index in [-0.39, 0.29) is 5.56 Å². The molecule has 0 radical (unpaired) electrons. The van der Waals surface area contributed by atoms with Crippen LogP contribution in [-0.4, -0.2) is 53.0 Å². The maximum Gasteiger partial charge on any atom is 0.251 e. The van der Waals surface area contributed by atoms with Crippen LogP contribution < -0.4 is 5.73 Å². The van der Waals surface area contributed by atoms with Crippen molar-refractivity contribution in [3.05, 3.63) is 35.4 Å². The van der Waals surface area contributed by atoms with Crippen molar-refractivity contribution in [2.24, 2.45) is 16.1 Å². The first-order valence-corrected chi connectivity index (χ1v) is 10.9. The van der Waals surface area contributed by atoms with E-state index in [4.69, 9.17) is 10.5 Å². The van der Waals surface area contributed by atoms with Crippen LogP contribution in [0.25, 0.3) is 0 Å². The number of hydrogen-bond acceptors (Lipinski definition) is 5. The average molecular weight is 440 g/mol. The third-order valence-electron chi connectivity index (χ3n) is 5.32. The quantitative estimate of drug-likeness (QED) is 0.616. The standard InChI is InChI=1S/C23H35F2N3O3/c1-6-8-18-19(27-21(31-18)16-13-15(24)9-10-17(16)25)20(23(3,4)5)28(12-7-11-26)22(30)14(2)29/h9-10,13-14,18,20-21,29H,6-8,11-12,26H2,1-5H3. The second-order valence-corrected chi connectivity index (χ2v) is 9.10. The summed E-state index contributed by atoms with van der Waals surface area (Å²) in [6.45, 7) is 10.1. The molecule has 1 aliphatic rings. The molecule has 0 saturated heterocycles. The molecule has 1 aromatic rings. The number of nitrogens with two attached hydrogens (primary N) is 1. The molecule has 8 heteroatoms. The fourth-order valence-electron chi connectivity index (χ4n) is 3.98. The van der Waals surface area contributed by atoms with Crippen molar-refractivity contribution in [2.75, 3.05) is 13.1 Å². The predicted octanol–water partition coefficient (Wildman–Crippen LogP) is 3.58. The van der Waals surface area contributed by atoms with E-state index in [1.54, 1.807) is 4.90 Å². The van der Waals surface area contributed by atoms with Gasteiger partial charge < -0.3 is 20.5 Å². The average Bonchev–Trinajstić information content (AvgIpc) is 3.08. The van der Waals surface area contributed by atoms with E-state index in [2.05, 4.69) is 4.99 Å². The second kappa shape index (κ2) is 10.6. The molecule has 0 spiro atoms. The molecule has 0 saturated carbocycles. The summed E-state index contributed by atoms with van der Waals surface area (Å²) < 4.78 is 34.3. The third kappa shape index (κ3) is 6.08. The number of hydrogen-bond donors (Lipinski definition) is 2. The first-order chi connectivity index (χ1) is 14.5. The Balaban J connectivity index is 2.57. The molecule has 1 heterocycles. The Hall–Kier alpha value is -1.90. The van der Waals surface area contributed by atoms with E-state index in [0.717, 1.165) is 24.6 Å². The number of carbonyl (C=O) groups is 1. The molecule has 1 aromatic carbocycles. The van der Waals surface area contributed by atoms with Crippen molar-refractivity contribution >= 4 is 11.6 Å². The zero-order valence-corrected chi connectivity index (χ0v) is 19.1. The fourth-order valence-corrected chi connectivity index (χ4v) is 3.98. The van der Waals surface area contributed by atoms with Gasteiger partial charge in [-0.25, -0.2) is 8.78 Å². The molecule has 1 amide bonds. The van der Waals surface area contributed by atoms with Crippen LogP contribution in [-0.2, 0) is 9.53 Å². The lowest BCUT2D eigenvalue weighted by atomic mass is 9.80. The van der Waals surface area contributed by atoms with Crippen LogP contribution in [0.15, 0.2) is 23.2 Å². The number of benzene rings is 1. The molecule has 174 valence electrons. The molecule has 1 aliphatic heterocycles. The number of aliphatic hydroxyl groups is 1. The van der Waals surface area contributed by atoms with Crippen LogP contribution in [0.3, 0.4) is 0 Å². The molecule has 6 nitrogen and oxygen atoms in total. The normalized spacial score (nSPS) is 21.0. The molecular weight excluding hydrogens is 404 g/mol. The van der Waals surface area contributed by atoms with Gasteiger partial charge in [-0.2, -0.15) is 0 Å². The highest BCUT2D eigenvalue weighted by Gasteiger charge is 2.44. The maximum atomic E-state index is 14.4. The molecule has 4 atom stereocenters. The Kier molecular flexibility index (Phi) is 8.68. The number of aliphatic imine (C=N–C) groups is 1. The van der Waals surface area contributed by atoms with Gasteiger partial charge in [0.15, 0.2) is 6.23 Å². The highest BCUT2D eigenvalue weighted by molar-refractivity contribution is 5.98. The predicted molar refractivity (Wildman–Crippen MR) is 117 cm³/mol. The minimum atomic E-state index is -1.19. The number of aliphatic hydroxyl groups excluding tert-OH is 1. The van der Waals surface area contributed by atoms with Crippen molar-refractivity contribution < 1.29 is 23.4 Å². The molecule has 0 bridgehead atoms. The molecular formula is C23H35F2N3O3. The Bertz CT molecular complexity index is 793. The van der Waals surface area contributed by atoms with E-state index in [9.17, 15) is 18.7 Å². The van der Waals surface area contributed by atoms with Gasteiger partial charge in [0.1, 0.15) is 23.8 Å². The zero-order valence-electron chi connectivity index (χ0n) is 19.1. The number of rotatable bonds is 9. The smallest absolute Gasteiger partial charge is 0.251 e. The second-order valence-electron chi connectivity index (χ2n) is 9.10. The van der Waals surface area contributed by atoms with Gasteiger partial charge >= 0.3 is 0 Å². The lowest BCUT2D eigenvalue weighted by Crippen LogP contribution is -2.56. The molecule has 3 N–H and O–H groups in total. The Labute approximate surface area is 183 Å². The summed E-state index contributed by atoms with van der Waals surface area (Å²) in [7, 11) is 0. The van der Waals surface area contributed by atoms with Crippen molar-refractivity contribution in [1.29, 1.82) is 0 Å². The topological polar surface area (TPSA) is 88.1 Å². The minimum Gasteiger partial charge on any atom is -0.384 e. The third-order valence-corrected chi connectivity index (χ3v) is 5.32. The van der Waals surface area contributed by atoms with Crippen LogP contribution in [0.5, 0.6) is 0 Å². The van der Waals surface area contributed by atoms with E-state index in [1.807, 2.05) is 27.7 Å². The van der Waals surface area contributed by atoms with E-state index in [1.165, 1.54) is 6.92 Å². The zero-order chi connectivity index (χ0) is 23.3. The van der Waals surface area contributed by atoms with Gasteiger partial charge in [-0.1, -0.05) is 34.1 Å². The van der Waals surface area contributed by atoms with Crippen molar-refractivity contribution in [3.63, 3.8) is 0 Å². The van der Waals surface area contributed by atoms with E-state index < -0.39 is 47.4 Å². The minimum absolute atomic E-state index is 0.0270. The van der Waals surface area contributed by atoms with Crippen molar-refractivity contribution in [3.8, 4) is 0 Å². The summed E-state index contributed by atoms with van der Waals surface area (Å²) in [4.78, 5) is 19.2. The Morgan fingerprint density at radius 3 is 2.58 bits per heavy atom. The van der Waals surface area contributed by atoms with E-state index in [0.29, 0.717) is 31.6 Å². The van der Waals surface area contributed by atoms with Gasteiger partial charge in [-0.15, -0.1) is 0 Å². The van der Waals surface area contributed by atoms with Gasteiger partial charge in [-0.05, 0) is 49.9 Å². The van der Waals surface area contributed by atoms with Gasteiger partial charge in [-0.3, -0.25) is 9.79 Å². The number of nitrogens with zero attached hydrogens (tertiary/aromatic N) is 2. The molecule has 0 aromatic heterocycles. The first-order valence-electron chi connectivity index (χ1n) is 10.9. The van der Waals surface area contributed by atoms with Crippen LogP contribution >= 0.6 is 0 Å². The number of amides is 1. The lowest BCUT2D eigenvalue weighted by Gasteiger charge is -2.42. The van der Waals surface area contributed by atoms with Gasteiger partial charge in [0, 0.05) is 12.1 Å². The monoisotopic (exact) mass is 439 g/mol. The summed E-state index contributed by atoms with van der Waals surface area (Å²) in [5.74, 6) is -1.59. The Morgan fingerprint density at radius 2 is 2.03 bits per heavy atom. The summed E-state index contributed by atoms with van der Waals surface area (Å²) >= 11 is 0. The van der Waals surface area contributed by atoms with Crippen LogP contribution in [0.1, 0.15) is 65.7 Å². The molecule has 31 heavy (non-hydrogen) atoms. The summed E-state index contributed by atoms with van der Waals surface area (Å²) in [6.07, 6.45) is -0.682. The summed E-state index contributed by atoms with van der Waals surface area (Å²) in [5.41, 5.74) is 5.86. The van der Waals surface area contributed by atoms with E-state index >= 15 is 0 Å². The van der Waals surface area contributed by atoms with Gasteiger partial charge in [0.05, 0.1) is 11.8 Å². The van der Waals surface area contributed by atoms with Crippen LogP contribution in [0.2, 0.25) is 0 Å². The highest BCUT2D eigenvalue weighted by atomic mass is 19.1. The number of carbonyl (C=O) groups excluding carboxylic acids is 1. The lowest BCUT2D eigenvalue weighted by molar-refractivity contribution is -0.142. The van der Waals surface area contributed by atoms with Crippen LogP contribution in [0, 0.1) is 17.0 Å². The maximum absolute atomic E-state index is 14.4. The molecule has 0 aliphatic carbocycles. The SMILES string of the molecule is CCCC1OC(c2cc(F)ccc2F)N=C1C(N(CCCN)C(=O)C(C)O)C(C)(C)C. The van der Waals surface area contributed by atoms with Crippen molar-refractivity contribution in [1.82, 2.24) is 4.90 Å². The van der Waals surface area contributed by atoms with Crippen LogP contribution in [0.4, 0.5) is 8.78 Å². The largest absolute Gasteiger partial charge is 0.384 e. The van der Waals surface area contributed by atoms with Crippen molar-refractivity contribution in [2.45, 2.75) is 78.4 Å². The fraction of sp³-hybridized carbons (Fsp3) is 0.652. The number of ether oxygens (including phenoxy) is 1. The van der Waals surface area contributed by atoms with Gasteiger partial charge in [0.25, 0.3) is 5.91 Å². The summed E-state index contributed by atoms with van der Waals surface area (Å²) in [5, 5.41) is 10.0. The Morgan fingerprint density at radius 1 is 1.35 bits per heavy atom. The first kappa shape index (κ1) is 25.4. The molecule has 2 rings (SSSR count). The number of halogens is 2. The van der Waals surface area contributed by atoms with Gasteiger partial charge in [0.2, 0.25) is 0 Å². The summed E-state index contributed by atoms with van der Waals surface area (Å²) in [6, 6.07) is 2.70. The molecule has 0 fully saturated rings. The molecule has 4 unspecified atom stereocenters. The highest BCUT2D eigenvalue weighted by Crippen LogP contribution is 2.37.